The number of hydrogen-bond acceptors (Lipinski definition) is 5. The molecule has 1 amide bonds. The van der Waals surface area contributed by atoms with Crippen LogP contribution < -0.4 is 10.1 Å². The molecule has 4 aromatic rings. The van der Waals surface area contributed by atoms with Crippen molar-refractivity contribution in [2.75, 3.05) is 18.2 Å². The number of benzene rings is 3. The lowest BCUT2D eigenvalue weighted by atomic mass is 10.0. The van der Waals surface area contributed by atoms with E-state index in [1.807, 2.05) is 35.7 Å². The van der Waals surface area contributed by atoms with Crippen LogP contribution in [-0.4, -0.2) is 23.8 Å². The van der Waals surface area contributed by atoms with Gasteiger partial charge in [0, 0.05) is 22.3 Å². The minimum absolute atomic E-state index is 0.00411. The zero-order chi connectivity index (χ0) is 22.9. The maximum absolute atomic E-state index is 12.3. The molecular weight excluding hydrogens is 448 g/mol. The highest BCUT2D eigenvalue weighted by molar-refractivity contribution is 7.99. The molecule has 0 aliphatic heterocycles. The monoisotopic (exact) mass is 474 g/mol. The molecule has 33 heavy (non-hydrogen) atoms. The van der Waals surface area contributed by atoms with Gasteiger partial charge in [-0.3, -0.25) is 4.79 Å². The van der Waals surface area contributed by atoms with E-state index in [-0.39, 0.29) is 5.91 Å². The van der Waals surface area contributed by atoms with Crippen molar-refractivity contribution in [3.63, 3.8) is 0 Å². The van der Waals surface area contributed by atoms with Crippen LogP contribution in [0.4, 0.5) is 5.13 Å². The second kappa shape index (κ2) is 11.7. The highest BCUT2D eigenvalue weighted by atomic mass is 32.2. The van der Waals surface area contributed by atoms with Crippen molar-refractivity contribution < 1.29 is 9.53 Å². The Hall–Kier alpha value is -3.09. The van der Waals surface area contributed by atoms with Gasteiger partial charge in [-0.1, -0.05) is 54.6 Å². The summed E-state index contributed by atoms with van der Waals surface area (Å²) in [6, 6.07) is 26.9. The van der Waals surface area contributed by atoms with Crippen LogP contribution in [0.25, 0.3) is 11.3 Å². The van der Waals surface area contributed by atoms with E-state index < -0.39 is 0 Å². The summed E-state index contributed by atoms with van der Waals surface area (Å²) in [6.07, 6.45) is 2.20. The minimum Gasteiger partial charge on any atom is -0.497 e. The fourth-order valence-corrected chi connectivity index (χ4v) is 4.95. The van der Waals surface area contributed by atoms with Crippen molar-refractivity contribution in [1.29, 1.82) is 0 Å². The van der Waals surface area contributed by atoms with E-state index in [0.717, 1.165) is 35.6 Å². The van der Waals surface area contributed by atoms with E-state index in [1.165, 1.54) is 27.4 Å². The smallest absolute Gasteiger partial charge is 0.226 e. The molecule has 1 N–H and O–H groups in total. The van der Waals surface area contributed by atoms with Gasteiger partial charge in [0.25, 0.3) is 0 Å². The second-order valence-corrected chi connectivity index (χ2v) is 9.60. The molecule has 1 aromatic heterocycles. The summed E-state index contributed by atoms with van der Waals surface area (Å²) in [6.45, 7) is 0. The van der Waals surface area contributed by atoms with Gasteiger partial charge < -0.3 is 10.1 Å². The third-order valence-corrected chi connectivity index (χ3v) is 6.98. The summed E-state index contributed by atoms with van der Waals surface area (Å²) in [4.78, 5) is 18.1. The van der Waals surface area contributed by atoms with Crippen molar-refractivity contribution in [3.05, 3.63) is 95.4 Å². The predicted molar refractivity (Wildman–Crippen MR) is 138 cm³/mol. The number of amides is 1. The van der Waals surface area contributed by atoms with Crippen molar-refractivity contribution in [2.45, 2.75) is 24.2 Å². The zero-order valence-corrected chi connectivity index (χ0v) is 20.1. The Bertz CT molecular complexity index is 1160. The molecule has 3 aromatic carbocycles. The predicted octanol–water partition coefficient (Wildman–Crippen LogP) is 6.92. The third kappa shape index (κ3) is 6.94. The molecule has 4 nitrogen and oxygen atoms in total. The van der Waals surface area contributed by atoms with Gasteiger partial charge >= 0.3 is 0 Å². The lowest BCUT2D eigenvalue weighted by Crippen LogP contribution is -2.11. The third-order valence-electron chi connectivity index (χ3n) is 5.13. The number of thiazole rings is 1. The van der Waals surface area contributed by atoms with Gasteiger partial charge in [-0.25, -0.2) is 4.98 Å². The lowest BCUT2D eigenvalue weighted by Gasteiger charge is -2.04. The lowest BCUT2D eigenvalue weighted by molar-refractivity contribution is -0.116. The maximum Gasteiger partial charge on any atom is 0.226 e. The molecule has 0 bridgehead atoms. The van der Waals surface area contributed by atoms with Gasteiger partial charge in [0.05, 0.1) is 12.8 Å². The van der Waals surface area contributed by atoms with Gasteiger partial charge in [-0.15, -0.1) is 23.1 Å². The number of nitrogens with one attached hydrogen (secondary N) is 1. The van der Waals surface area contributed by atoms with Crippen LogP contribution in [0.3, 0.4) is 0 Å². The van der Waals surface area contributed by atoms with Gasteiger partial charge in [-0.2, -0.15) is 0 Å². The highest BCUT2D eigenvalue weighted by Crippen LogP contribution is 2.26. The number of aromatic nitrogens is 1. The van der Waals surface area contributed by atoms with E-state index in [0.29, 0.717) is 11.6 Å². The van der Waals surface area contributed by atoms with Crippen LogP contribution in [0, 0.1) is 0 Å². The summed E-state index contributed by atoms with van der Waals surface area (Å²) < 4.78 is 5.17. The fraction of sp³-hybridized carbons (Fsp3) is 0.185. The van der Waals surface area contributed by atoms with Gasteiger partial charge in [0.2, 0.25) is 5.91 Å². The Balaban J connectivity index is 1.22. The molecule has 168 valence electrons. The molecular formula is C27H26N2O2S2. The number of ether oxygens (including phenoxy) is 1. The van der Waals surface area contributed by atoms with Crippen LogP contribution in [-0.2, 0) is 11.2 Å². The first-order valence-corrected chi connectivity index (χ1v) is 12.7. The first-order chi connectivity index (χ1) is 16.2. The number of hydrogen-bond donors (Lipinski definition) is 1. The Morgan fingerprint density at radius 1 is 0.970 bits per heavy atom. The largest absolute Gasteiger partial charge is 0.497 e. The number of methoxy groups -OCH3 is 1. The molecule has 0 radical (unpaired) electrons. The van der Waals surface area contributed by atoms with E-state index in [1.54, 1.807) is 18.9 Å². The molecule has 1 heterocycles. The molecule has 0 unspecified atom stereocenters. The van der Waals surface area contributed by atoms with E-state index in [4.69, 9.17) is 4.74 Å². The summed E-state index contributed by atoms with van der Waals surface area (Å²) in [5, 5.41) is 5.56. The van der Waals surface area contributed by atoms with Crippen molar-refractivity contribution in [3.8, 4) is 17.0 Å². The Morgan fingerprint density at radius 2 is 1.70 bits per heavy atom. The van der Waals surface area contributed by atoms with Crippen LogP contribution in [0.2, 0.25) is 0 Å². The topological polar surface area (TPSA) is 51.2 Å². The molecule has 6 heteroatoms. The summed E-state index contributed by atoms with van der Waals surface area (Å²) in [7, 11) is 1.66. The molecule has 0 fully saturated rings. The van der Waals surface area contributed by atoms with Crippen LogP contribution in [0.15, 0.2) is 89.1 Å². The molecule has 4 rings (SSSR count). The number of thioether (sulfide) groups is 1. The van der Waals surface area contributed by atoms with Gasteiger partial charge in [0.1, 0.15) is 5.75 Å². The normalized spacial score (nSPS) is 10.7. The first-order valence-electron chi connectivity index (χ1n) is 10.8. The van der Waals surface area contributed by atoms with Gasteiger partial charge in [0.15, 0.2) is 5.13 Å². The van der Waals surface area contributed by atoms with Crippen molar-refractivity contribution in [2.24, 2.45) is 0 Å². The first kappa shape index (κ1) is 23.1. The molecule has 0 aliphatic rings. The van der Waals surface area contributed by atoms with Crippen molar-refractivity contribution in [1.82, 2.24) is 4.98 Å². The second-order valence-electron chi connectivity index (χ2n) is 7.57. The van der Waals surface area contributed by atoms with Crippen LogP contribution in [0.5, 0.6) is 5.75 Å². The van der Waals surface area contributed by atoms with Crippen LogP contribution in [0.1, 0.15) is 24.0 Å². The van der Waals surface area contributed by atoms with E-state index in [9.17, 15) is 4.79 Å². The Morgan fingerprint density at radius 3 is 2.42 bits per heavy atom. The van der Waals surface area contributed by atoms with Crippen molar-refractivity contribution >= 4 is 34.1 Å². The Kier molecular flexibility index (Phi) is 8.17. The van der Waals surface area contributed by atoms with E-state index in [2.05, 4.69) is 58.8 Å². The quantitative estimate of drug-likeness (QED) is 0.200. The average Bonchev–Trinajstić information content (AvgIpc) is 3.32. The number of carbonyl (C=O) groups is 1. The number of rotatable bonds is 10. The zero-order valence-electron chi connectivity index (χ0n) is 18.5. The molecule has 0 atom stereocenters. The fourth-order valence-electron chi connectivity index (χ4n) is 3.37. The molecule has 0 aliphatic carbocycles. The number of nitrogens with zero attached hydrogens (tertiary/aromatic N) is 1. The molecule has 0 spiro atoms. The maximum atomic E-state index is 12.3. The summed E-state index contributed by atoms with van der Waals surface area (Å²) in [5.74, 6) is 1.74. The van der Waals surface area contributed by atoms with Crippen LogP contribution >= 0.6 is 23.1 Å². The highest BCUT2D eigenvalue weighted by Gasteiger charge is 2.09. The number of carbonyl (C=O) groups excluding carboxylic acids is 1. The minimum atomic E-state index is 0.00411. The molecule has 0 saturated carbocycles. The Labute approximate surface area is 203 Å². The standard InChI is InChI=1S/C27H26N2O2S2/c1-31-23-13-15-24(16-14-23)32-17-5-8-26(30)29-27-28-25(19-33-27)22-11-9-21(10-12-22)18-20-6-3-2-4-7-20/h2-4,6-7,9-16,19H,5,8,17-18H2,1H3,(H,28,29,30). The average molecular weight is 475 g/mol. The van der Waals surface area contributed by atoms with Gasteiger partial charge in [-0.05, 0) is 54.0 Å². The van der Waals surface area contributed by atoms with E-state index >= 15 is 0 Å². The SMILES string of the molecule is COc1ccc(SCCCC(=O)Nc2nc(-c3ccc(Cc4ccccc4)cc3)cs2)cc1. The number of anilines is 1. The summed E-state index contributed by atoms with van der Waals surface area (Å²) >= 11 is 3.20. The summed E-state index contributed by atoms with van der Waals surface area (Å²) in [5.41, 5.74) is 4.50. The molecule has 0 saturated heterocycles.